The number of nitrogens with zero attached hydrogens (tertiary/aromatic N) is 2. The molecule has 88 valence electrons. The average Bonchev–Trinajstić information content (AvgIpc) is 2.29. The van der Waals surface area contributed by atoms with Crippen LogP contribution < -0.4 is 5.32 Å². The standard InChI is InChI=1S/C13H14FN3/c1-9-7-12(17-13(16-9)8-15-2)10-3-5-11(14)6-4-10/h3-7,15H,8H2,1-2H3. The van der Waals surface area contributed by atoms with Crippen molar-refractivity contribution < 1.29 is 4.39 Å². The molecule has 0 amide bonds. The van der Waals surface area contributed by atoms with Gasteiger partial charge in [0.15, 0.2) is 0 Å². The second-order valence-electron chi connectivity index (χ2n) is 3.85. The Balaban J connectivity index is 2.40. The summed E-state index contributed by atoms with van der Waals surface area (Å²) in [5, 5.41) is 3.01. The molecule has 0 aliphatic heterocycles. The quantitative estimate of drug-likeness (QED) is 0.880. The summed E-state index contributed by atoms with van der Waals surface area (Å²) in [6, 6.07) is 8.21. The first kappa shape index (κ1) is 11.7. The van der Waals surface area contributed by atoms with Crippen LogP contribution in [0.25, 0.3) is 11.3 Å². The summed E-state index contributed by atoms with van der Waals surface area (Å²) in [6.45, 7) is 2.55. The molecule has 0 saturated carbocycles. The summed E-state index contributed by atoms with van der Waals surface area (Å²) in [6.07, 6.45) is 0. The van der Waals surface area contributed by atoms with Crippen LogP contribution in [-0.4, -0.2) is 17.0 Å². The predicted octanol–water partition coefficient (Wildman–Crippen LogP) is 2.31. The van der Waals surface area contributed by atoms with Crippen LogP contribution in [-0.2, 0) is 6.54 Å². The van der Waals surface area contributed by atoms with Crippen LogP contribution in [0.2, 0.25) is 0 Å². The zero-order valence-corrected chi connectivity index (χ0v) is 9.87. The largest absolute Gasteiger partial charge is 0.313 e. The zero-order chi connectivity index (χ0) is 12.3. The van der Waals surface area contributed by atoms with Crippen molar-refractivity contribution in [3.8, 4) is 11.3 Å². The maximum Gasteiger partial charge on any atom is 0.143 e. The van der Waals surface area contributed by atoms with Gasteiger partial charge in [-0.25, -0.2) is 14.4 Å². The van der Waals surface area contributed by atoms with Crippen LogP contribution in [0.1, 0.15) is 11.5 Å². The van der Waals surface area contributed by atoms with Gasteiger partial charge < -0.3 is 5.32 Å². The van der Waals surface area contributed by atoms with Gasteiger partial charge >= 0.3 is 0 Å². The molecule has 0 aliphatic rings. The fraction of sp³-hybridized carbons (Fsp3) is 0.231. The molecule has 1 N–H and O–H groups in total. The third-order valence-electron chi connectivity index (χ3n) is 2.38. The lowest BCUT2D eigenvalue weighted by Gasteiger charge is -2.05. The highest BCUT2D eigenvalue weighted by Crippen LogP contribution is 2.18. The molecular weight excluding hydrogens is 217 g/mol. The van der Waals surface area contributed by atoms with Gasteiger partial charge in [0.2, 0.25) is 0 Å². The van der Waals surface area contributed by atoms with Crippen molar-refractivity contribution >= 4 is 0 Å². The zero-order valence-electron chi connectivity index (χ0n) is 9.87. The monoisotopic (exact) mass is 231 g/mol. The molecule has 0 unspecified atom stereocenters. The SMILES string of the molecule is CNCc1nc(C)cc(-c2ccc(F)cc2)n1. The van der Waals surface area contributed by atoms with Crippen molar-refractivity contribution in [3.05, 3.63) is 47.7 Å². The summed E-state index contributed by atoms with van der Waals surface area (Å²) in [5.41, 5.74) is 2.63. The van der Waals surface area contributed by atoms with E-state index in [1.165, 1.54) is 12.1 Å². The normalized spacial score (nSPS) is 10.5. The van der Waals surface area contributed by atoms with E-state index in [2.05, 4.69) is 15.3 Å². The van der Waals surface area contributed by atoms with Gasteiger partial charge in [-0.3, -0.25) is 0 Å². The molecule has 1 aromatic carbocycles. The molecule has 0 aliphatic carbocycles. The molecule has 3 nitrogen and oxygen atoms in total. The first-order chi connectivity index (χ1) is 8.19. The molecule has 1 aromatic heterocycles. The Morgan fingerprint density at radius 1 is 1.18 bits per heavy atom. The molecule has 2 rings (SSSR count). The third-order valence-corrected chi connectivity index (χ3v) is 2.38. The fourth-order valence-corrected chi connectivity index (χ4v) is 1.64. The van der Waals surface area contributed by atoms with Crippen LogP contribution in [0.3, 0.4) is 0 Å². The first-order valence-corrected chi connectivity index (χ1v) is 5.44. The minimum absolute atomic E-state index is 0.241. The molecule has 0 saturated heterocycles. The van der Waals surface area contributed by atoms with Crippen LogP contribution in [0.15, 0.2) is 30.3 Å². The summed E-state index contributed by atoms with van der Waals surface area (Å²) in [7, 11) is 1.85. The smallest absolute Gasteiger partial charge is 0.143 e. The van der Waals surface area contributed by atoms with Gasteiger partial charge in [0.1, 0.15) is 11.6 Å². The minimum Gasteiger partial charge on any atom is -0.313 e. The van der Waals surface area contributed by atoms with E-state index in [-0.39, 0.29) is 5.82 Å². The van der Waals surface area contributed by atoms with Crippen molar-refractivity contribution in [2.45, 2.75) is 13.5 Å². The fourth-order valence-electron chi connectivity index (χ4n) is 1.64. The lowest BCUT2D eigenvalue weighted by atomic mass is 10.1. The third kappa shape index (κ3) is 2.85. The lowest BCUT2D eigenvalue weighted by Crippen LogP contribution is -2.10. The Labute approximate surface area is 99.7 Å². The van der Waals surface area contributed by atoms with E-state index in [1.54, 1.807) is 12.1 Å². The highest BCUT2D eigenvalue weighted by molar-refractivity contribution is 5.59. The Morgan fingerprint density at radius 2 is 1.88 bits per heavy atom. The number of halogens is 1. The van der Waals surface area contributed by atoms with Gasteiger partial charge in [0.05, 0.1) is 12.2 Å². The van der Waals surface area contributed by atoms with Crippen molar-refractivity contribution in [1.29, 1.82) is 0 Å². The van der Waals surface area contributed by atoms with E-state index in [0.29, 0.717) is 6.54 Å². The second kappa shape index (κ2) is 5.01. The molecule has 1 heterocycles. The molecule has 4 heteroatoms. The van der Waals surface area contributed by atoms with Crippen LogP contribution in [0.5, 0.6) is 0 Å². The number of aryl methyl sites for hydroxylation is 1. The van der Waals surface area contributed by atoms with E-state index < -0.39 is 0 Å². The van der Waals surface area contributed by atoms with E-state index in [4.69, 9.17) is 0 Å². The Bertz CT molecular complexity index is 509. The molecular formula is C13H14FN3. The summed E-state index contributed by atoms with van der Waals surface area (Å²) in [5.74, 6) is 0.502. The van der Waals surface area contributed by atoms with Gasteiger partial charge in [-0.1, -0.05) is 0 Å². The van der Waals surface area contributed by atoms with E-state index in [9.17, 15) is 4.39 Å². The van der Waals surface area contributed by atoms with E-state index in [1.807, 2.05) is 20.0 Å². The van der Waals surface area contributed by atoms with Gasteiger partial charge in [-0.2, -0.15) is 0 Å². The highest BCUT2D eigenvalue weighted by Gasteiger charge is 2.04. The lowest BCUT2D eigenvalue weighted by molar-refractivity contribution is 0.628. The van der Waals surface area contributed by atoms with E-state index >= 15 is 0 Å². The maximum atomic E-state index is 12.8. The number of aromatic nitrogens is 2. The van der Waals surface area contributed by atoms with Crippen LogP contribution in [0, 0.1) is 12.7 Å². The topological polar surface area (TPSA) is 37.8 Å². The summed E-state index contributed by atoms with van der Waals surface area (Å²) >= 11 is 0. The molecule has 0 bridgehead atoms. The molecule has 0 spiro atoms. The summed E-state index contributed by atoms with van der Waals surface area (Å²) in [4.78, 5) is 8.75. The number of benzene rings is 1. The number of nitrogens with one attached hydrogen (secondary N) is 1. The number of hydrogen-bond donors (Lipinski definition) is 1. The van der Waals surface area contributed by atoms with Crippen molar-refractivity contribution in [1.82, 2.24) is 15.3 Å². The molecule has 0 radical (unpaired) electrons. The van der Waals surface area contributed by atoms with Crippen LogP contribution >= 0.6 is 0 Å². The Hall–Kier alpha value is -1.81. The molecule has 17 heavy (non-hydrogen) atoms. The summed E-state index contributed by atoms with van der Waals surface area (Å²) < 4.78 is 12.8. The second-order valence-corrected chi connectivity index (χ2v) is 3.85. The first-order valence-electron chi connectivity index (χ1n) is 5.44. The Morgan fingerprint density at radius 3 is 2.53 bits per heavy atom. The molecule has 2 aromatic rings. The predicted molar refractivity (Wildman–Crippen MR) is 64.9 cm³/mol. The van der Waals surface area contributed by atoms with Gasteiger partial charge in [0.25, 0.3) is 0 Å². The van der Waals surface area contributed by atoms with Crippen LogP contribution in [0.4, 0.5) is 4.39 Å². The molecule has 0 atom stereocenters. The highest BCUT2D eigenvalue weighted by atomic mass is 19.1. The number of hydrogen-bond acceptors (Lipinski definition) is 3. The van der Waals surface area contributed by atoms with Crippen molar-refractivity contribution in [2.24, 2.45) is 0 Å². The van der Waals surface area contributed by atoms with Gasteiger partial charge in [-0.15, -0.1) is 0 Å². The van der Waals surface area contributed by atoms with Crippen molar-refractivity contribution in [2.75, 3.05) is 7.05 Å². The minimum atomic E-state index is -0.241. The maximum absolute atomic E-state index is 12.8. The molecule has 0 fully saturated rings. The van der Waals surface area contributed by atoms with Crippen molar-refractivity contribution in [3.63, 3.8) is 0 Å². The number of rotatable bonds is 3. The average molecular weight is 231 g/mol. The van der Waals surface area contributed by atoms with E-state index in [0.717, 1.165) is 22.8 Å². The Kier molecular flexibility index (Phi) is 3.44. The van der Waals surface area contributed by atoms with Gasteiger partial charge in [-0.05, 0) is 44.3 Å². The van der Waals surface area contributed by atoms with Gasteiger partial charge in [0, 0.05) is 11.3 Å².